The van der Waals surface area contributed by atoms with Crippen molar-refractivity contribution in [3.05, 3.63) is 54.6 Å². The van der Waals surface area contributed by atoms with Gasteiger partial charge in [0.2, 0.25) is 5.91 Å². The molecule has 0 saturated carbocycles. The SMILES string of the molecule is NCC(=O)Nc1ccc(Nc2ccccc2)cc1. The Morgan fingerprint density at radius 3 is 2.06 bits per heavy atom. The van der Waals surface area contributed by atoms with Gasteiger partial charge in [0.05, 0.1) is 6.54 Å². The summed E-state index contributed by atoms with van der Waals surface area (Å²) in [6.07, 6.45) is 0. The van der Waals surface area contributed by atoms with Crippen LogP contribution in [0.15, 0.2) is 54.6 Å². The molecule has 0 heterocycles. The molecule has 0 radical (unpaired) electrons. The number of nitrogens with one attached hydrogen (secondary N) is 2. The van der Waals surface area contributed by atoms with Crippen LogP contribution in [0.2, 0.25) is 0 Å². The van der Waals surface area contributed by atoms with Crippen molar-refractivity contribution in [2.24, 2.45) is 5.73 Å². The molecule has 0 spiro atoms. The molecule has 92 valence electrons. The summed E-state index contributed by atoms with van der Waals surface area (Å²) in [6.45, 7) is -0.00990. The van der Waals surface area contributed by atoms with E-state index >= 15 is 0 Å². The number of hydrogen-bond donors (Lipinski definition) is 3. The highest BCUT2D eigenvalue weighted by atomic mass is 16.1. The maximum Gasteiger partial charge on any atom is 0.238 e. The molecule has 4 N–H and O–H groups in total. The lowest BCUT2D eigenvalue weighted by atomic mass is 10.2. The van der Waals surface area contributed by atoms with Crippen molar-refractivity contribution >= 4 is 23.0 Å². The predicted molar refractivity (Wildman–Crippen MR) is 73.9 cm³/mol. The van der Waals surface area contributed by atoms with Crippen molar-refractivity contribution in [3.63, 3.8) is 0 Å². The number of anilines is 3. The molecule has 2 aromatic rings. The van der Waals surface area contributed by atoms with E-state index in [0.29, 0.717) is 0 Å². The number of rotatable bonds is 4. The Morgan fingerprint density at radius 2 is 1.44 bits per heavy atom. The zero-order chi connectivity index (χ0) is 12.8. The molecule has 0 bridgehead atoms. The van der Waals surface area contributed by atoms with E-state index in [-0.39, 0.29) is 12.5 Å². The number of carbonyl (C=O) groups excluding carboxylic acids is 1. The van der Waals surface area contributed by atoms with Crippen molar-refractivity contribution in [2.45, 2.75) is 0 Å². The van der Waals surface area contributed by atoms with E-state index in [4.69, 9.17) is 5.73 Å². The average Bonchev–Trinajstić information content (AvgIpc) is 2.42. The Kier molecular flexibility index (Phi) is 3.94. The van der Waals surface area contributed by atoms with Gasteiger partial charge in [-0.1, -0.05) is 18.2 Å². The highest BCUT2D eigenvalue weighted by Crippen LogP contribution is 2.18. The predicted octanol–water partition coefficient (Wildman–Crippen LogP) is 2.33. The molecule has 0 fully saturated rings. The number of nitrogens with two attached hydrogens (primary N) is 1. The van der Waals surface area contributed by atoms with Crippen LogP contribution >= 0.6 is 0 Å². The van der Waals surface area contributed by atoms with Gasteiger partial charge >= 0.3 is 0 Å². The highest BCUT2D eigenvalue weighted by Gasteiger charge is 1.99. The van der Waals surface area contributed by atoms with Crippen molar-refractivity contribution in [2.75, 3.05) is 17.2 Å². The van der Waals surface area contributed by atoms with Crippen LogP contribution in [-0.4, -0.2) is 12.5 Å². The Morgan fingerprint density at radius 1 is 0.889 bits per heavy atom. The summed E-state index contributed by atoms with van der Waals surface area (Å²) >= 11 is 0. The zero-order valence-corrected chi connectivity index (χ0v) is 9.89. The van der Waals surface area contributed by atoms with Gasteiger partial charge < -0.3 is 16.4 Å². The largest absolute Gasteiger partial charge is 0.356 e. The van der Waals surface area contributed by atoms with E-state index in [0.717, 1.165) is 17.1 Å². The maximum atomic E-state index is 11.1. The number of carbonyl (C=O) groups is 1. The first-order chi connectivity index (χ1) is 8.78. The number of para-hydroxylation sites is 1. The second kappa shape index (κ2) is 5.84. The molecule has 0 unspecified atom stereocenters. The van der Waals surface area contributed by atoms with Crippen molar-refractivity contribution in [1.29, 1.82) is 0 Å². The van der Waals surface area contributed by atoms with Crippen LogP contribution in [-0.2, 0) is 4.79 Å². The summed E-state index contributed by atoms with van der Waals surface area (Å²) in [4.78, 5) is 11.1. The van der Waals surface area contributed by atoms with E-state index in [1.165, 1.54) is 0 Å². The van der Waals surface area contributed by atoms with Crippen LogP contribution in [0.5, 0.6) is 0 Å². The molecule has 0 aromatic heterocycles. The number of hydrogen-bond acceptors (Lipinski definition) is 3. The fourth-order valence-electron chi connectivity index (χ4n) is 1.54. The Hall–Kier alpha value is -2.33. The van der Waals surface area contributed by atoms with Crippen LogP contribution in [0.25, 0.3) is 0 Å². The minimum absolute atomic E-state index is 0.00990. The van der Waals surface area contributed by atoms with E-state index in [1.807, 2.05) is 54.6 Å². The average molecular weight is 241 g/mol. The highest BCUT2D eigenvalue weighted by molar-refractivity contribution is 5.92. The molecule has 2 aromatic carbocycles. The van der Waals surface area contributed by atoms with Crippen LogP contribution in [0, 0.1) is 0 Å². The summed E-state index contributed by atoms with van der Waals surface area (Å²) in [5.74, 6) is -0.196. The Balaban J connectivity index is 2.02. The summed E-state index contributed by atoms with van der Waals surface area (Å²) < 4.78 is 0. The van der Waals surface area contributed by atoms with Crippen LogP contribution in [0.1, 0.15) is 0 Å². The smallest absolute Gasteiger partial charge is 0.238 e. The molecule has 4 heteroatoms. The monoisotopic (exact) mass is 241 g/mol. The first-order valence-electron chi connectivity index (χ1n) is 5.70. The molecule has 4 nitrogen and oxygen atoms in total. The van der Waals surface area contributed by atoms with Crippen LogP contribution in [0.4, 0.5) is 17.1 Å². The molecule has 0 aliphatic rings. The normalized spacial score (nSPS) is 9.83. The lowest BCUT2D eigenvalue weighted by molar-refractivity contribution is -0.114. The molecule has 0 aliphatic carbocycles. The molecule has 0 saturated heterocycles. The standard InChI is InChI=1S/C14H15N3O/c15-10-14(18)17-13-8-6-12(7-9-13)16-11-4-2-1-3-5-11/h1-9,16H,10,15H2,(H,17,18). The third-order valence-corrected chi connectivity index (χ3v) is 2.42. The van der Waals surface area contributed by atoms with E-state index in [2.05, 4.69) is 10.6 Å². The third kappa shape index (κ3) is 3.33. The van der Waals surface area contributed by atoms with Gasteiger partial charge in [0, 0.05) is 17.1 Å². The fraction of sp³-hybridized carbons (Fsp3) is 0.0714. The summed E-state index contributed by atoms with van der Waals surface area (Å²) in [5.41, 5.74) is 7.96. The summed E-state index contributed by atoms with van der Waals surface area (Å²) in [5, 5.41) is 5.95. The summed E-state index contributed by atoms with van der Waals surface area (Å²) in [6, 6.07) is 17.4. The van der Waals surface area contributed by atoms with Gasteiger partial charge in [0.25, 0.3) is 0 Å². The second-order valence-electron chi connectivity index (χ2n) is 3.82. The molecule has 0 atom stereocenters. The molecular formula is C14H15N3O. The van der Waals surface area contributed by atoms with Crippen molar-refractivity contribution in [1.82, 2.24) is 0 Å². The molecule has 18 heavy (non-hydrogen) atoms. The lowest BCUT2D eigenvalue weighted by Crippen LogP contribution is -2.21. The number of benzene rings is 2. The van der Waals surface area contributed by atoms with E-state index in [1.54, 1.807) is 0 Å². The Bertz CT molecular complexity index is 508. The van der Waals surface area contributed by atoms with Gasteiger partial charge in [-0.15, -0.1) is 0 Å². The first kappa shape index (κ1) is 12.1. The van der Waals surface area contributed by atoms with Gasteiger partial charge in [-0.3, -0.25) is 4.79 Å². The fourth-order valence-corrected chi connectivity index (χ4v) is 1.54. The van der Waals surface area contributed by atoms with Gasteiger partial charge in [-0.25, -0.2) is 0 Å². The second-order valence-corrected chi connectivity index (χ2v) is 3.82. The third-order valence-electron chi connectivity index (χ3n) is 2.42. The quantitative estimate of drug-likeness (QED) is 0.769. The molecule has 1 amide bonds. The van der Waals surface area contributed by atoms with Gasteiger partial charge in [-0.05, 0) is 36.4 Å². The van der Waals surface area contributed by atoms with Crippen LogP contribution < -0.4 is 16.4 Å². The molecule has 0 aliphatic heterocycles. The van der Waals surface area contributed by atoms with Gasteiger partial charge in [0.1, 0.15) is 0 Å². The minimum atomic E-state index is -0.196. The van der Waals surface area contributed by atoms with Crippen molar-refractivity contribution < 1.29 is 4.79 Å². The van der Waals surface area contributed by atoms with Crippen molar-refractivity contribution in [3.8, 4) is 0 Å². The summed E-state index contributed by atoms with van der Waals surface area (Å²) in [7, 11) is 0. The van der Waals surface area contributed by atoms with Gasteiger partial charge in [0.15, 0.2) is 0 Å². The zero-order valence-electron chi connectivity index (χ0n) is 9.89. The van der Waals surface area contributed by atoms with E-state index < -0.39 is 0 Å². The van der Waals surface area contributed by atoms with Crippen LogP contribution in [0.3, 0.4) is 0 Å². The number of amides is 1. The molecular weight excluding hydrogens is 226 g/mol. The lowest BCUT2D eigenvalue weighted by Gasteiger charge is -2.08. The molecule has 2 rings (SSSR count). The Labute approximate surface area is 106 Å². The van der Waals surface area contributed by atoms with E-state index in [9.17, 15) is 4.79 Å². The first-order valence-corrected chi connectivity index (χ1v) is 5.70. The van der Waals surface area contributed by atoms with Gasteiger partial charge in [-0.2, -0.15) is 0 Å². The topological polar surface area (TPSA) is 67.2 Å². The minimum Gasteiger partial charge on any atom is -0.356 e. The maximum absolute atomic E-state index is 11.1.